The van der Waals surface area contributed by atoms with Crippen LogP contribution in [0.1, 0.15) is 30.3 Å². The summed E-state index contributed by atoms with van der Waals surface area (Å²) in [6.45, 7) is 3.58. The summed E-state index contributed by atoms with van der Waals surface area (Å²) < 4.78 is 37.7. The molecular formula is C20H21Cl2N3O7S. The van der Waals surface area contributed by atoms with E-state index in [9.17, 15) is 23.1 Å². The van der Waals surface area contributed by atoms with E-state index in [4.69, 9.17) is 32.5 Å². The number of rotatable bonds is 9. The molecule has 2 heterocycles. The van der Waals surface area contributed by atoms with Crippen molar-refractivity contribution < 1.29 is 32.4 Å². The van der Waals surface area contributed by atoms with Gasteiger partial charge in [-0.1, -0.05) is 41.0 Å². The lowest BCUT2D eigenvalue weighted by Gasteiger charge is -2.22. The second-order valence-electron chi connectivity index (χ2n) is 7.22. The van der Waals surface area contributed by atoms with Gasteiger partial charge in [-0.3, -0.25) is 0 Å². The fourth-order valence-electron chi connectivity index (χ4n) is 3.44. The molecule has 2 N–H and O–H groups in total. The molecule has 3 rings (SSSR count). The molecule has 0 radical (unpaired) electrons. The number of nitrogens with one attached hydrogen (secondary N) is 1. The van der Waals surface area contributed by atoms with Gasteiger partial charge in [0.15, 0.2) is 0 Å². The summed E-state index contributed by atoms with van der Waals surface area (Å²) in [5, 5.41) is 15.9. The van der Waals surface area contributed by atoms with Gasteiger partial charge in [0.2, 0.25) is 10.0 Å². The number of carboxylic acid groups (broad SMARTS) is 1. The van der Waals surface area contributed by atoms with Crippen molar-refractivity contribution in [3.63, 3.8) is 0 Å². The zero-order valence-electron chi connectivity index (χ0n) is 17.2. The highest BCUT2D eigenvalue weighted by atomic mass is 35.5. The Morgan fingerprint density at radius 2 is 2.03 bits per heavy atom. The molecule has 1 saturated heterocycles. The van der Waals surface area contributed by atoms with E-state index in [0.717, 1.165) is 0 Å². The van der Waals surface area contributed by atoms with E-state index in [1.54, 1.807) is 0 Å². The molecule has 2 unspecified atom stereocenters. The lowest BCUT2D eigenvalue weighted by Crippen LogP contribution is -2.42. The van der Waals surface area contributed by atoms with Crippen LogP contribution in [0.5, 0.6) is 0 Å². The summed E-state index contributed by atoms with van der Waals surface area (Å²) >= 11 is 11.9. The molecule has 1 aliphatic rings. The summed E-state index contributed by atoms with van der Waals surface area (Å²) in [6, 6.07) is 3.62. The van der Waals surface area contributed by atoms with E-state index < -0.39 is 34.2 Å². The first kappa shape index (κ1) is 25.0. The van der Waals surface area contributed by atoms with Crippen LogP contribution in [-0.4, -0.2) is 54.2 Å². The number of nitrogens with zero attached hydrogens (tertiary/aromatic N) is 2. The smallest absolute Gasteiger partial charge is 0.408 e. The standard InChI is InChI=1S/C20H21Cl2N3O7S/c1-2-6-31-20(28)23-17(19(26)27)11-14-10-16(24-32-14)18-4-3-5-25(18)33(29,30)15-8-12(21)7-13(22)9-15/h2,7-10,17-18H,1,3-6,11H2,(H,23,28)(H,26,27). The van der Waals surface area contributed by atoms with Crippen LogP contribution in [0.3, 0.4) is 0 Å². The monoisotopic (exact) mass is 517 g/mol. The van der Waals surface area contributed by atoms with E-state index in [2.05, 4.69) is 17.1 Å². The topological polar surface area (TPSA) is 139 Å². The molecule has 0 spiro atoms. The molecule has 0 aliphatic carbocycles. The maximum Gasteiger partial charge on any atom is 0.408 e. The Bertz CT molecular complexity index is 1130. The van der Waals surface area contributed by atoms with Crippen molar-refractivity contribution in [3.8, 4) is 0 Å². The number of carboxylic acids is 1. The number of amides is 1. The van der Waals surface area contributed by atoms with Crippen molar-refractivity contribution in [2.75, 3.05) is 13.2 Å². The molecule has 1 amide bonds. The third-order valence-electron chi connectivity index (χ3n) is 4.89. The molecule has 2 atom stereocenters. The maximum absolute atomic E-state index is 13.2. The molecule has 2 aromatic rings. The molecule has 0 saturated carbocycles. The first-order valence-corrected chi connectivity index (χ1v) is 12.0. The lowest BCUT2D eigenvalue weighted by atomic mass is 10.1. The molecular weight excluding hydrogens is 497 g/mol. The van der Waals surface area contributed by atoms with Crippen molar-refractivity contribution in [1.29, 1.82) is 0 Å². The Balaban J connectivity index is 1.77. The van der Waals surface area contributed by atoms with E-state index in [1.807, 2.05) is 0 Å². The van der Waals surface area contributed by atoms with Crippen molar-refractivity contribution in [2.24, 2.45) is 0 Å². The van der Waals surface area contributed by atoms with Gasteiger partial charge in [-0.25, -0.2) is 18.0 Å². The number of sulfonamides is 1. The second-order valence-corrected chi connectivity index (χ2v) is 9.99. The van der Waals surface area contributed by atoms with Crippen LogP contribution in [-0.2, 0) is 26.0 Å². The second kappa shape index (κ2) is 10.6. The summed E-state index contributed by atoms with van der Waals surface area (Å²) in [5.74, 6) is -1.14. The lowest BCUT2D eigenvalue weighted by molar-refractivity contribution is -0.139. The average Bonchev–Trinajstić information content (AvgIpc) is 3.40. The highest BCUT2D eigenvalue weighted by molar-refractivity contribution is 7.89. The van der Waals surface area contributed by atoms with Crippen molar-refractivity contribution in [2.45, 2.75) is 36.2 Å². The first-order valence-electron chi connectivity index (χ1n) is 9.82. The van der Waals surface area contributed by atoms with Crippen molar-refractivity contribution >= 4 is 45.3 Å². The minimum Gasteiger partial charge on any atom is -0.480 e. The van der Waals surface area contributed by atoms with Gasteiger partial charge < -0.3 is 19.7 Å². The molecule has 1 fully saturated rings. The van der Waals surface area contributed by atoms with Gasteiger partial charge in [-0.2, -0.15) is 4.31 Å². The van der Waals surface area contributed by atoms with Crippen molar-refractivity contribution in [3.05, 3.63) is 58.4 Å². The van der Waals surface area contributed by atoms with Crippen LogP contribution in [0.25, 0.3) is 0 Å². The Hall–Kier alpha value is -2.60. The van der Waals surface area contributed by atoms with Gasteiger partial charge in [-0.15, -0.1) is 0 Å². The largest absolute Gasteiger partial charge is 0.480 e. The van der Waals surface area contributed by atoms with Gasteiger partial charge >= 0.3 is 12.1 Å². The summed E-state index contributed by atoms with van der Waals surface area (Å²) in [6.07, 6.45) is 1.30. The van der Waals surface area contributed by atoms with Crippen molar-refractivity contribution in [1.82, 2.24) is 14.8 Å². The zero-order valence-corrected chi connectivity index (χ0v) is 19.6. The Morgan fingerprint density at radius 1 is 1.33 bits per heavy atom. The SMILES string of the molecule is C=CCOC(=O)NC(Cc1cc(C2CCCN2S(=O)(=O)c2cc(Cl)cc(Cl)c2)no1)C(=O)O. The van der Waals surface area contributed by atoms with Gasteiger partial charge in [-0.05, 0) is 31.0 Å². The Morgan fingerprint density at radius 3 is 2.67 bits per heavy atom. The quantitative estimate of drug-likeness (QED) is 0.482. The van der Waals surface area contributed by atoms with Gasteiger partial charge in [0.25, 0.3) is 0 Å². The van der Waals surface area contributed by atoms with Crippen LogP contribution >= 0.6 is 23.2 Å². The van der Waals surface area contributed by atoms with E-state index >= 15 is 0 Å². The number of aromatic nitrogens is 1. The maximum atomic E-state index is 13.2. The third kappa shape index (κ3) is 6.05. The molecule has 1 aromatic carbocycles. The fourth-order valence-corrected chi connectivity index (χ4v) is 5.83. The summed E-state index contributed by atoms with van der Waals surface area (Å²) in [7, 11) is -3.93. The number of carbonyl (C=O) groups is 2. The number of halogens is 2. The predicted molar refractivity (Wildman–Crippen MR) is 119 cm³/mol. The predicted octanol–water partition coefficient (Wildman–Crippen LogP) is 3.42. The van der Waals surface area contributed by atoms with Crippen LogP contribution < -0.4 is 5.32 Å². The number of carbonyl (C=O) groups excluding carboxylic acids is 1. The summed E-state index contributed by atoms with van der Waals surface area (Å²) in [5.41, 5.74) is 0.331. The van der Waals surface area contributed by atoms with Crippen LogP contribution in [0.4, 0.5) is 4.79 Å². The average molecular weight is 518 g/mol. The molecule has 178 valence electrons. The first-order chi connectivity index (χ1) is 15.6. The van der Waals surface area contributed by atoms with E-state index in [0.29, 0.717) is 18.5 Å². The molecule has 1 aliphatic heterocycles. The third-order valence-corrected chi connectivity index (χ3v) is 7.22. The normalized spacial score (nSPS) is 17.5. The van der Waals surface area contributed by atoms with Crippen LogP contribution in [0, 0.1) is 0 Å². The summed E-state index contributed by atoms with van der Waals surface area (Å²) in [4.78, 5) is 23.1. The Labute approximate surface area is 200 Å². The Kier molecular flexibility index (Phi) is 8.01. The fraction of sp³-hybridized carbons (Fsp3) is 0.350. The number of hydrogen-bond donors (Lipinski definition) is 2. The number of ether oxygens (including phenoxy) is 1. The highest BCUT2D eigenvalue weighted by Gasteiger charge is 2.38. The minimum absolute atomic E-state index is 0.0382. The molecule has 10 nitrogen and oxygen atoms in total. The molecule has 13 heteroatoms. The van der Waals surface area contributed by atoms with E-state index in [-0.39, 0.29) is 40.3 Å². The molecule has 33 heavy (non-hydrogen) atoms. The van der Waals surface area contributed by atoms with Crippen LogP contribution in [0.2, 0.25) is 10.0 Å². The highest BCUT2D eigenvalue weighted by Crippen LogP contribution is 2.37. The molecule has 0 bridgehead atoms. The number of aliphatic carboxylic acids is 1. The number of hydrogen-bond acceptors (Lipinski definition) is 7. The van der Waals surface area contributed by atoms with Gasteiger partial charge in [0, 0.05) is 29.1 Å². The van der Waals surface area contributed by atoms with E-state index in [1.165, 1.54) is 34.6 Å². The zero-order chi connectivity index (χ0) is 24.2. The van der Waals surface area contributed by atoms with Crippen LogP contribution in [0.15, 0.2) is 46.3 Å². The number of benzene rings is 1. The number of alkyl carbamates (subject to hydrolysis) is 1. The van der Waals surface area contributed by atoms with Gasteiger partial charge in [0.05, 0.1) is 10.9 Å². The van der Waals surface area contributed by atoms with Gasteiger partial charge in [0.1, 0.15) is 24.1 Å². The minimum atomic E-state index is -3.93. The molecule has 1 aromatic heterocycles.